The predicted molar refractivity (Wildman–Crippen MR) is 63.6 cm³/mol. The number of aromatic nitrogens is 1. The summed E-state index contributed by atoms with van der Waals surface area (Å²) in [5.74, 6) is 0.640. The van der Waals surface area contributed by atoms with E-state index in [0.717, 1.165) is 25.8 Å². The Hall–Kier alpha value is -1.36. The summed E-state index contributed by atoms with van der Waals surface area (Å²) in [6.45, 7) is 3.21. The van der Waals surface area contributed by atoms with Gasteiger partial charge in [-0.3, -0.25) is 4.79 Å². The van der Waals surface area contributed by atoms with E-state index in [1.165, 1.54) is 6.42 Å². The molecule has 1 fully saturated rings. The summed E-state index contributed by atoms with van der Waals surface area (Å²) in [4.78, 5) is 14.2. The SMILES string of the molecule is Cc1cc(C(=O)N2CCCCC2CCN)no1. The van der Waals surface area contributed by atoms with E-state index in [4.69, 9.17) is 10.3 Å². The number of aryl methyl sites for hydroxylation is 1. The lowest BCUT2D eigenvalue weighted by atomic mass is 9.99. The fourth-order valence-corrected chi connectivity index (χ4v) is 2.37. The molecule has 1 aliphatic heterocycles. The molecule has 0 aliphatic carbocycles. The molecule has 0 saturated carbocycles. The van der Waals surface area contributed by atoms with Gasteiger partial charge >= 0.3 is 0 Å². The Labute approximate surface area is 101 Å². The standard InChI is InChI=1S/C12H19N3O2/c1-9-8-11(14-17-9)12(16)15-7-3-2-4-10(15)5-6-13/h8,10H,2-7,13H2,1H3. The van der Waals surface area contributed by atoms with Crippen LogP contribution in [0.4, 0.5) is 0 Å². The number of amides is 1. The first-order chi connectivity index (χ1) is 8.22. The van der Waals surface area contributed by atoms with Crippen LogP contribution in [0, 0.1) is 6.92 Å². The maximum Gasteiger partial charge on any atom is 0.276 e. The minimum absolute atomic E-state index is 0.0278. The van der Waals surface area contributed by atoms with Crippen molar-refractivity contribution in [3.05, 3.63) is 17.5 Å². The maximum atomic E-state index is 12.3. The quantitative estimate of drug-likeness (QED) is 0.860. The topological polar surface area (TPSA) is 72.4 Å². The molecule has 2 N–H and O–H groups in total. The van der Waals surface area contributed by atoms with Crippen molar-refractivity contribution in [1.29, 1.82) is 0 Å². The molecule has 2 heterocycles. The second-order valence-corrected chi connectivity index (χ2v) is 4.55. The largest absolute Gasteiger partial charge is 0.361 e. The molecule has 1 saturated heterocycles. The molecule has 1 atom stereocenters. The van der Waals surface area contributed by atoms with Crippen LogP contribution in [0.5, 0.6) is 0 Å². The molecule has 0 spiro atoms. The highest BCUT2D eigenvalue weighted by atomic mass is 16.5. The van der Waals surface area contributed by atoms with Crippen LogP contribution in [0.25, 0.3) is 0 Å². The van der Waals surface area contributed by atoms with Crippen molar-refractivity contribution in [1.82, 2.24) is 10.1 Å². The second-order valence-electron chi connectivity index (χ2n) is 4.55. The van der Waals surface area contributed by atoms with E-state index in [2.05, 4.69) is 5.16 Å². The number of carbonyl (C=O) groups is 1. The van der Waals surface area contributed by atoms with Crippen molar-refractivity contribution in [2.45, 2.75) is 38.6 Å². The van der Waals surface area contributed by atoms with Crippen LogP contribution in [0.3, 0.4) is 0 Å². The Morgan fingerprint density at radius 3 is 3.12 bits per heavy atom. The zero-order valence-corrected chi connectivity index (χ0v) is 10.2. The summed E-state index contributed by atoms with van der Waals surface area (Å²) in [7, 11) is 0. The molecular formula is C12H19N3O2. The average molecular weight is 237 g/mol. The average Bonchev–Trinajstić information content (AvgIpc) is 2.76. The van der Waals surface area contributed by atoms with E-state index in [1.807, 2.05) is 4.90 Å². The lowest BCUT2D eigenvalue weighted by Crippen LogP contribution is -2.44. The maximum absolute atomic E-state index is 12.3. The molecule has 94 valence electrons. The number of nitrogens with zero attached hydrogens (tertiary/aromatic N) is 2. The van der Waals surface area contributed by atoms with Crippen LogP contribution >= 0.6 is 0 Å². The molecule has 1 aromatic heterocycles. The van der Waals surface area contributed by atoms with Gasteiger partial charge in [0.1, 0.15) is 5.76 Å². The lowest BCUT2D eigenvalue weighted by Gasteiger charge is -2.35. The van der Waals surface area contributed by atoms with E-state index in [1.54, 1.807) is 13.0 Å². The third kappa shape index (κ3) is 2.66. The van der Waals surface area contributed by atoms with Crippen LogP contribution in [-0.2, 0) is 0 Å². The molecule has 0 bridgehead atoms. The fraction of sp³-hybridized carbons (Fsp3) is 0.667. The Balaban J connectivity index is 2.10. The first kappa shape index (κ1) is 12.1. The van der Waals surface area contributed by atoms with Crippen molar-refractivity contribution < 1.29 is 9.32 Å². The zero-order valence-electron chi connectivity index (χ0n) is 10.2. The highest BCUT2D eigenvalue weighted by Gasteiger charge is 2.28. The van der Waals surface area contributed by atoms with Gasteiger partial charge in [-0.2, -0.15) is 0 Å². The molecule has 5 nitrogen and oxygen atoms in total. The summed E-state index contributed by atoms with van der Waals surface area (Å²) < 4.78 is 4.95. The van der Waals surface area contributed by atoms with Crippen molar-refractivity contribution in [3.63, 3.8) is 0 Å². The summed E-state index contributed by atoms with van der Waals surface area (Å²) in [5.41, 5.74) is 6.00. The van der Waals surface area contributed by atoms with Gasteiger partial charge in [-0.1, -0.05) is 5.16 Å². The first-order valence-corrected chi connectivity index (χ1v) is 6.16. The summed E-state index contributed by atoms with van der Waals surface area (Å²) in [6.07, 6.45) is 4.14. The van der Waals surface area contributed by atoms with E-state index in [-0.39, 0.29) is 11.9 Å². The smallest absolute Gasteiger partial charge is 0.276 e. The van der Waals surface area contributed by atoms with Crippen LogP contribution < -0.4 is 5.73 Å². The highest BCUT2D eigenvalue weighted by molar-refractivity contribution is 5.92. The molecule has 2 rings (SSSR count). The van der Waals surface area contributed by atoms with Gasteiger partial charge in [-0.15, -0.1) is 0 Å². The van der Waals surface area contributed by atoms with Gasteiger partial charge in [0.15, 0.2) is 5.69 Å². The van der Waals surface area contributed by atoms with E-state index in [9.17, 15) is 4.79 Å². The molecule has 1 aromatic rings. The Morgan fingerprint density at radius 2 is 2.47 bits per heavy atom. The number of piperidine rings is 1. The monoisotopic (exact) mass is 237 g/mol. The molecule has 1 unspecified atom stereocenters. The van der Waals surface area contributed by atoms with Crippen LogP contribution in [0.2, 0.25) is 0 Å². The summed E-state index contributed by atoms with van der Waals surface area (Å²) in [5, 5.41) is 3.79. The van der Waals surface area contributed by atoms with Crippen molar-refractivity contribution in [2.75, 3.05) is 13.1 Å². The Bertz CT molecular complexity index is 387. The van der Waals surface area contributed by atoms with Crippen LogP contribution in [0.1, 0.15) is 41.9 Å². The molecule has 1 amide bonds. The number of carbonyl (C=O) groups excluding carboxylic acids is 1. The van der Waals surface area contributed by atoms with Gasteiger partial charge in [0.05, 0.1) is 0 Å². The molecule has 1 aliphatic rings. The molecule has 5 heteroatoms. The van der Waals surface area contributed by atoms with Gasteiger partial charge in [-0.25, -0.2) is 0 Å². The molecule has 0 aromatic carbocycles. The number of rotatable bonds is 3. The number of hydrogen-bond donors (Lipinski definition) is 1. The van der Waals surface area contributed by atoms with Crippen molar-refractivity contribution >= 4 is 5.91 Å². The van der Waals surface area contributed by atoms with E-state index < -0.39 is 0 Å². The zero-order chi connectivity index (χ0) is 12.3. The second kappa shape index (κ2) is 5.31. The molecule has 0 radical (unpaired) electrons. The first-order valence-electron chi connectivity index (χ1n) is 6.16. The summed E-state index contributed by atoms with van der Waals surface area (Å²) in [6, 6.07) is 1.95. The predicted octanol–water partition coefficient (Wildman–Crippen LogP) is 1.33. The normalized spacial score (nSPS) is 20.6. The van der Waals surface area contributed by atoms with Gasteiger partial charge in [0.25, 0.3) is 5.91 Å². The van der Waals surface area contributed by atoms with E-state index in [0.29, 0.717) is 18.0 Å². The minimum Gasteiger partial charge on any atom is -0.361 e. The lowest BCUT2D eigenvalue weighted by molar-refractivity contribution is 0.0594. The molecular weight excluding hydrogens is 218 g/mol. The third-order valence-corrected chi connectivity index (χ3v) is 3.23. The molecule has 17 heavy (non-hydrogen) atoms. The number of hydrogen-bond acceptors (Lipinski definition) is 4. The van der Waals surface area contributed by atoms with Gasteiger partial charge < -0.3 is 15.2 Å². The van der Waals surface area contributed by atoms with Crippen molar-refractivity contribution in [3.8, 4) is 0 Å². The minimum atomic E-state index is -0.0278. The number of likely N-dealkylation sites (tertiary alicyclic amines) is 1. The van der Waals surface area contributed by atoms with Crippen molar-refractivity contribution in [2.24, 2.45) is 5.73 Å². The van der Waals surface area contributed by atoms with Gasteiger partial charge in [-0.05, 0) is 39.2 Å². The van der Waals surface area contributed by atoms with Crippen LogP contribution in [0.15, 0.2) is 10.6 Å². The number of nitrogens with two attached hydrogens (primary N) is 1. The Kier molecular flexibility index (Phi) is 3.78. The Morgan fingerprint density at radius 1 is 1.65 bits per heavy atom. The van der Waals surface area contributed by atoms with E-state index >= 15 is 0 Å². The summed E-state index contributed by atoms with van der Waals surface area (Å²) >= 11 is 0. The van der Waals surface area contributed by atoms with Gasteiger partial charge in [0, 0.05) is 18.7 Å². The fourth-order valence-electron chi connectivity index (χ4n) is 2.37. The van der Waals surface area contributed by atoms with Crippen LogP contribution in [-0.4, -0.2) is 35.1 Å². The third-order valence-electron chi connectivity index (χ3n) is 3.23. The van der Waals surface area contributed by atoms with Gasteiger partial charge in [0.2, 0.25) is 0 Å². The highest BCUT2D eigenvalue weighted by Crippen LogP contribution is 2.21.